The molecule has 0 bridgehead atoms. The second-order valence-corrected chi connectivity index (χ2v) is 8.10. The molecule has 1 spiro atoms. The molecule has 2 nitrogen and oxygen atoms in total. The number of hydrogen-bond acceptors (Lipinski definition) is 3. The predicted octanol–water partition coefficient (Wildman–Crippen LogP) is 5.29. The summed E-state index contributed by atoms with van der Waals surface area (Å²) in [6.07, 6.45) is 5.49. The van der Waals surface area contributed by atoms with Gasteiger partial charge in [0.1, 0.15) is 0 Å². The van der Waals surface area contributed by atoms with Gasteiger partial charge in [-0.25, -0.2) is 0 Å². The number of benzene rings is 1. The standard InChI is InChI=1S/C14H16Br2N2S/c15-10-3-4-12(11(16)7-10)18-13-17-8-14(9-19-13)5-1-2-6-14/h3-4,7H,1-2,5-6,8-9H2,(H,17,18). The first kappa shape index (κ1) is 14.0. The molecule has 19 heavy (non-hydrogen) atoms. The fourth-order valence-electron chi connectivity index (χ4n) is 2.76. The third-order valence-corrected chi connectivity index (χ3v) is 6.32. The molecule has 1 heterocycles. The largest absolute Gasteiger partial charge is 0.334 e. The van der Waals surface area contributed by atoms with Crippen molar-refractivity contribution in [1.29, 1.82) is 0 Å². The molecule has 1 fully saturated rings. The molecule has 1 aliphatic heterocycles. The predicted molar refractivity (Wildman–Crippen MR) is 91.1 cm³/mol. The number of rotatable bonds is 1. The zero-order valence-electron chi connectivity index (χ0n) is 10.6. The molecule has 0 aromatic heterocycles. The van der Waals surface area contributed by atoms with Crippen LogP contribution in [-0.2, 0) is 0 Å². The number of anilines is 1. The van der Waals surface area contributed by atoms with E-state index in [4.69, 9.17) is 4.99 Å². The Kier molecular flexibility index (Phi) is 4.25. The lowest BCUT2D eigenvalue weighted by Gasteiger charge is -2.31. The van der Waals surface area contributed by atoms with Crippen molar-refractivity contribution < 1.29 is 0 Å². The quantitative estimate of drug-likeness (QED) is 0.689. The SMILES string of the molecule is Brc1ccc(NC2=NCC3(CCCC3)CS2)c(Br)c1. The molecule has 2 aliphatic rings. The minimum absolute atomic E-state index is 0.507. The Morgan fingerprint density at radius 3 is 2.63 bits per heavy atom. The molecule has 0 radical (unpaired) electrons. The van der Waals surface area contributed by atoms with E-state index in [-0.39, 0.29) is 0 Å². The van der Waals surface area contributed by atoms with Gasteiger partial charge in [0.25, 0.3) is 0 Å². The van der Waals surface area contributed by atoms with Gasteiger partial charge in [-0.15, -0.1) is 0 Å². The summed E-state index contributed by atoms with van der Waals surface area (Å²) >= 11 is 8.92. The summed E-state index contributed by atoms with van der Waals surface area (Å²) in [7, 11) is 0. The fraction of sp³-hybridized carbons (Fsp3) is 0.500. The number of nitrogens with zero attached hydrogens (tertiary/aromatic N) is 1. The van der Waals surface area contributed by atoms with Crippen molar-refractivity contribution in [1.82, 2.24) is 0 Å². The first-order chi connectivity index (χ1) is 9.17. The van der Waals surface area contributed by atoms with Crippen LogP contribution >= 0.6 is 43.6 Å². The molecule has 0 atom stereocenters. The minimum Gasteiger partial charge on any atom is -0.334 e. The number of nitrogens with one attached hydrogen (secondary N) is 1. The highest BCUT2D eigenvalue weighted by molar-refractivity contribution is 9.11. The summed E-state index contributed by atoms with van der Waals surface area (Å²) in [5.41, 5.74) is 1.59. The molecule has 1 N–H and O–H groups in total. The van der Waals surface area contributed by atoms with Gasteiger partial charge in [0.2, 0.25) is 0 Å². The molecule has 1 saturated carbocycles. The van der Waals surface area contributed by atoms with Crippen LogP contribution < -0.4 is 5.32 Å². The van der Waals surface area contributed by atoms with Gasteiger partial charge in [-0.3, -0.25) is 4.99 Å². The van der Waals surface area contributed by atoms with Crippen molar-refractivity contribution in [3.8, 4) is 0 Å². The molecule has 1 aromatic carbocycles. The van der Waals surface area contributed by atoms with Gasteiger partial charge in [0, 0.05) is 21.2 Å². The van der Waals surface area contributed by atoms with Crippen LogP contribution in [0.25, 0.3) is 0 Å². The summed E-state index contributed by atoms with van der Waals surface area (Å²) in [4.78, 5) is 4.76. The van der Waals surface area contributed by atoms with Crippen LogP contribution in [0.5, 0.6) is 0 Å². The Balaban J connectivity index is 1.69. The van der Waals surface area contributed by atoms with Crippen LogP contribution in [-0.4, -0.2) is 17.5 Å². The smallest absolute Gasteiger partial charge is 0.161 e. The van der Waals surface area contributed by atoms with Crippen LogP contribution in [0.3, 0.4) is 0 Å². The van der Waals surface area contributed by atoms with E-state index in [0.29, 0.717) is 5.41 Å². The maximum atomic E-state index is 4.76. The number of aliphatic imine (C=N–C) groups is 1. The molecule has 3 rings (SSSR count). The topological polar surface area (TPSA) is 24.4 Å². The van der Waals surface area contributed by atoms with Crippen LogP contribution in [0, 0.1) is 5.41 Å². The van der Waals surface area contributed by atoms with Crippen molar-refractivity contribution in [2.45, 2.75) is 25.7 Å². The maximum absolute atomic E-state index is 4.76. The number of halogens is 2. The zero-order valence-corrected chi connectivity index (χ0v) is 14.6. The van der Waals surface area contributed by atoms with E-state index in [1.54, 1.807) is 0 Å². The van der Waals surface area contributed by atoms with Crippen molar-refractivity contribution in [3.05, 3.63) is 27.1 Å². The summed E-state index contributed by atoms with van der Waals surface area (Å²) in [5, 5.41) is 4.48. The van der Waals surface area contributed by atoms with Gasteiger partial charge >= 0.3 is 0 Å². The normalized spacial score (nSPS) is 21.5. The summed E-state index contributed by atoms with van der Waals surface area (Å²) in [6.45, 7) is 0.997. The van der Waals surface area contributed by atoms with Gasteiger partial charge in [-0.2, -0.15) is 0 Å². The molecule has 0 amide bonds. The average molecular weight is 404 g/mol. The Hall–Kier alpha value is -0.000000000000000111. The highest BCUT2D eigenvalue weighted by Crippen LogP contribution is 2.43. The number of hydrogen-bond donors (Lipinski definition) is 1. The fourth-order valence-corrected chi connectivity index (χ4v) is 5.07. The van der Waals surface area contributed by atoms with Crippen molar-refractivity contribution in [2.24, 2.45) is 10.4 Å². The molecule has 102 valence electrons. The lowest BCUT2D eigenvalue weighted by atomic mass is 9.89. The second kappa shape index (κ2) is 5.78. The highest BCUT2D eigenvalue weighted by atomic mass is 79.9. The van der Waals surface area contributed by atoms with E-state index in [9.17, 15) is 0 Å². The lowest BCUT2D eigenvalue weighted by molar-refractivity contribution is 0.359. The highest BCUT2D eigenvalue weighted by Gasteiger charge is 2.36. The molecule has 0 saturated heterocycles. The van der Waals surface area contributed by atoms with E-state index in [2.05, 4.69) is 49.3 Å². The molecule has 0 unspecified atom stereocenters. The van der Waals surface area contributed by atoms with Gasteiger partial charge < -0.3 is 5.32 Å². The molecule has 1 aliphatic carbocycles. The Morgan fingerprint density at radius 1 is 1.21 bits per heavy atom. The van der Waals surface area contributed by atoms with E-state index in [1.807, 2.05) is 17.8 Å². The lowest BCUT2D eigenvalue weighted by Crippen LogP contribution is -2.30. The number of thioether (sulfide) groups is 1. The molecule has 1 aromatic rings. The second-order valence-electron chi connectivity index (χ2n) is 5.37. The Labute approximate surface area is 135 Å². The summed E-state index contributed by atoms with van der Waals surface area (Å²) in [5.74, 6) is 1.22. The van der Waals surface area contributed by atoms with E-state index < -0.39 is 0 Å². The van der Waals surface area contributed by atoms with Crippen molar-refractivity contribution in [2.75, 3.05) is 17.6 Å². The average Bonchev–Trinajstić information content (AvgIpc) is 2.84. The maximum Gasteiger partial charge on any atom is 0.161 e. The first-order valence-electron chi connectivity index (χ1n) is 6.56. The van der Waals surface area contributed by atoms with E-state index in [0.717, 1.165) is 26.3 Å². The Bertz CT molecular complexity index is 510. The zero-order chi connectivity index (χ0) is 13.3. The van der Waals surface area contributed by atoms with Crippen molar-refractivity contribution >= 4 is 54.5 Å². The first-order valence-corrected chi connectivity index (χ1v) is 9.13. The Morgan fingerprint density at radius 2 is 2.00 bits per heavy atom. The summed E-state index contributed by atoms with van der Waals surface area (Å²) in [6, 6.07) is 6.16. The van der Waals surface area contributed by atoms with Gasteiger partial charge in [0.05, 0.1) is 5.69 Å². The van der Waals surface area contributed by atoms with Gasteiger partial charge in [-0.1, -0.05) is 40.5 Å². The summed E-state index contributed by atoms with van der Waals surface area (Å²) < 4.78 is 2.14. The number of amidine groups is 1. The van der Waals surface area contributed by atoms with E-state index in [1.165, 1.54) is 31.4 Å². The minimum atomic E-state index is 0.507. The van der Waals surface area contributed by atoms with Gasteiger partial charge in [0.15, 0.2) is 5.17 Å². The van der Waals surface area contributed by atoms with Crippen LogP contribution in [0.4, 0.5) is 5.69 Å². The van der Waals surface area contributed by atoms with E-state index >= 15 is 0 Å². The molecular formula is C14H16Br2N2S. The third-order valence-electron chi connectivity index (χ3n) is 3.91. The third kappa shape index (κ3) is 3.19. The van der Waals surface area contributed by atoms with Crippen LogP contribution in [0.2, 0.25) is 0 Å². The van der Waals surface area contributed by atoms with Crippen molar-refractivity contribution in [3.63, 3.8) is 0 Å². The van der Waals surface area contributed by atoms with Crippen LogP contribution in [0.1, 0.15) is 25.7 Å². The van der Waals surface area contributed by atoms with Crippen LogP contribution in [0.15, 0.2) is 32.1 Å². The van der Waals surface area contributed by atoms with Gasteiger partial charge in [-0.05, 0) is 52.4 Å². The molecule has 5 heteroatoms. The molecular weight excluding hydrogens is 388 g/mol. The monoisotopic (exact) mass is 402 g/mol.